The first-order valence-electron chi connectivity index (χ1n) is 6.20. The summed E-state index contributed by atoms with van der Waals surface area (Å²) in [6.07, 6.45) is 4.29. The maximum Gasteiger partial charge on any atom is 0.165 e. The van der Waals surface area contributed by atoms with Crippen molar-refractivity contribution in [3.63, 3.8) is 0 Å². The van der Waals surface area contributed by atoms with Crippen LogP contribution in [0, 0.1) is 0 Å². The minimum atomic E-state index is 0.111. The number of phenolic OH excluding ortho intramolecular Hbond substituents is 1. The van der Waals surface area contributed by atoms with Crippen molar-refractivity contribution in [2.75, 3.05) is 13.7 Å². The summed E-state index contributed by atoms with van der Waals surface area (Å²) in [4.78, 5) is 4.13. The second kappa shape index (κ2) is 6.09. The van der Waals surface area contributed by atoms with E-state index >= 15 is 0 Å². The molecule has 0 unspecified atom stereocenters. The van der Waals surface area contributed by atoms with Crippen molar-refractivity contribution >= 4 is 0 Å². The topological polar surface area (TPSA) is 51.6 Å². The molecule has 0 aliphatic carbocycles. The maximum atomic E-state index is 10.1. The fourth-order valence-electron chi connectivity index (χ4n) is 1.78. The van der Waals surface area contributed by atoms with Gasteiger partial charge in [-0.2, -0.15) is 0 Å². The first-order chi connectivity index (χ1) is 9.26. The summed E-state index contributed by atoms with van der Waals surface area (Å²) in [5.74, 6) is 1.25. The Labute approximate surface area is 112 Å². The molecule has 0 saturated carbocycles. The monoisotopic (exact) mass is 259 g/mol. The summed E-state index contributed by atoms with van der Waals surface area (Å²) in [7, 11) is 1.53. The third-order valence-electron chi connectivity index (χ3n) is 2.72. The fourth-order valence-corrected chi connectivity index (χ4v) is 1.78. The first-order valence-corrected chi connectivity index (χ1v) is 6.20. The molecule has 100 valence electrons. The zero-order valence-corrected chi connectivity index (χ0v) is 11.1. The number of rotatable bonds is 5. The molecule has 0 atom stereocenters. The van der Waals surface area contributed by atoms with Gasteiger partial charge in [-0.15, -0.1) is 0 Å². The molecule has 1 aromatic heterocycles. The standard InChI is InChI=1S/C15H17NO3/c1-3-7-19-12-8-11(9-16-10-12)13-5-4-6-14(18-2)15(13)17/h4-6,8-10,17H,3,7H2,1-2H3. The summed E-state index contributed by atoms with van der Waals surface area (Å²) in [5.41, 5.74) is 1.47. The molecule has 0 aliphatic heterocycles. The van der Waals surface area contributed by atoms with E-state index in [9.17, 15) is 5.11 Å². The van der Waals surface area contributed by atoms with Crippen LogP contribution in [0.1, 0.15) is 13.3 Å². The number of para-hydroxylation sites is 1. The van der Waals surface area contributed by atoms with Crippen LogP contribution in [0.2, 0.25) is 0 Å². The number of aromatic hydroxyl groups is 1. The van der Waals surface area contributed by atoms with Crippen molar-refractivity contribution in [2.45, 2.75) is 13.3 Å². The van der Waals surface area contributed by atoms with Crippen molar-refractivity contribution in [3.8, 4) is 28.4 Å². The number of nitrogens with zero attached hydrogens (tertiary/aromatic N) is 1. The first kappa shape index (κ1) is 13.2. The summed E-state index contributed by atoms with van der Waals surface area (Å²) < 4.78 is 10.6. The molecule has 2 rings (SSSR count). The Morgan fingerprint density at radius 2 is 2.11 bits per heavy atom. The van der Waals surface area contributed by atoms with Crippen molar-refractivity contribution in [1.82, 2.24) is 4.98 Å². The predicted octanol–water partition coefficient (Wildman–Crippen LogP) is 3.25. The molecule has 0 radical (unpaired) electrons. The van der Waals surface area contributed by atoms with Crippen LogP contribution in [0.3, 0.4) is 0 Å². The number of aromatic nitrogens is 1. The molecule has 4 nitrogen and oxygen atoms in total. The van der Waals surface area contributed by atoms with Crippen molar-refractivity contribution in [2.24, 2.45) is 0 Å². The Morgan fingerprint density at radius 1 is 1.26 bits per heavy atom. The number of methoxy groups -OCH3 is 1. The highest BCUT2D eigenvalue weighted by atomic mass is 16.5. The molecule has 0 aliphatic rings. The second-order valence-corrected chi connectivity index (χ2v) is 4.11. The molecular weight excluding hydrogens is 242 g/mol. The minimum absolute atomic E-state index is 0.111. The minimum Gasteiger partial charge on any atom is -0.504 e. The van der Waals surface area contributed by atoms with Crippen LogP contribution in [0.5, 0.6) is 17.2 Å². The van der Waals surface area contributed by atoms with Crippen LogP contribution < -0.4 is 9.47 Å². The zero-order chi connectivity index (χ0) is 13.7. The zero-order valence-electron chi connectivity index (χ0n) is 11.1. The van der Waals surface area contributed by atoms with E-state index in [1.807, 2.05) is 25.1 Å². The highest BCUT2D eigenvalue weighted by Gasteiger charge is 2.10. The van der Waals surface area contributed by atoms with Gasteiger partial charge in [0.2, 0.25) is 0 Å². The quantitative estimate of drug-likeness (QED) is 0.895. The van der Waals surface area contributed by atoms with Gasteiger partial charge in [0, 0.05) is 17.3 Å². The van der Waals surface area contributed by atoms with E-state index in [0.717, 1.165) is 12.0 Å². The van der Waals surface area contributed by atoms with Crippen LogP contribution in [0.25, 0.3) is 11.1 Å². The highest BCUT2D eigenvalue weighted by molar-refractivity contribution is 5.73. The largest absolute Gasteiger partial charge is 0.504 e. The van der Waals surface area contributed by atoms with E-state index in [1.54, 1.807) is 18.5 Å². The van der Waals surface area contributed by atoms with E-state index in [0.29, 0.717) is 23.7 Å². The smallest absolute Gasteiger partial charge is 0.165 e. The molecule has 1 aromatic carbocycles. The summed E-state index contributed by atoms with van der Waals surface area (Å²) in [5, 5.41) is 10.1. The van der Waals surface area contributed by atoms with E-state index in [1.165, 1.54) is 7.11 Å². The van der Waals surface area contributed by atoms with Gasteiger partial charge < -0.3 is 14.6 Å². The van der Waals surface area contributed by atoms with Crippen LogP contribution in [-0.2, 0) is 0 Å². The average molecular weight is 259 g/mol. The molecule has 1 heterocycles. The molecule has 0 fully saturated rings. The van der Waals surface area contributed by atoms with Gasteiger partial charge in [-0.05, 0) is 18.6 Å². The van der Waals surface area contributed by atoms with E-state index in [4.69, 9.17) is 9.47 Å². The Balaban J connectivity index is 2.36. The Morgan fingerprint density at radius 3 is 2.84 bits per heavy atom. The van der Waals surface area contributed by atoms with Gasteiger partial charge in [0.25, 0.3) is 0 Å². The van der Waals surface area contributed by atoms with Gasteiger partial charge in [0.05, 0.1) is 19.9 Å². The van der Waals surface area contributed by atoms with Gasteiger partial charge in [-0.25, -0.2) is 0 Å². The third kappa shape index (κ3) is 2.96. The Kier molecular flexibility index (Phi) is 4.23. The summed E-state index contributed by atoms with van der Waals surface area (Å²) in [6, 6.07) is 7.22. The van der Waals surface area contributed by atoms with Crippen LogP contribution >= 0.6 is 0 Å². The lowest BCUT2D eigenvalue weighted by molar-refractivity contribution is 0.316. The second-order valence-electron chi connectivity index (χ2n) is 4.11. The molecule has 1 N–H and O–H groups in total. The van der Waals surface area contributed by atoms with Crippen molar-refractivity contribution < 1.29 is 14.6 Å². The number of hydrogen-bond donors (Lipinski definition) is 1. The Bertz CT molecular complexity index is 555. The van der Waals surface area contributed by atoms with Crippen molar-refractivity contribution in [1.29, 1.82) is 0 Å². The van der Waals surface area contributed by atoms with Gasteiger partial charge in [-0.1, -0.05) is 19.1 Å². The molecule has 2 aromatic rings. The fraction of sp³-hybridized carbons (Fsp3) is 0.267. The lowest BCUT2D eigenvalue weighted by atomic mass is 10.1. The number of phenols is 1. The number of benzene rings is 1. The van der Waals surface area contributed by atoms with Crippen molar-refractivity contribution in [3.05, 3.63) is 36.7 Å². The maximum absolute atomic E-state index is 10.1. The molecule has 0 bridgehead atoms. The molecular formula is C15H17NO3. The molecule has 19 heavy (non-hydrogen) atoms. The van der Waals surface area contributed by atoms with Gasteiger partial charge in [0.15, 0.2) is 11.5 Å². The number of hydrogen-bond acceptors (Lipinski definition) is 4. The lowest BCUT2D eigenvalue weighted by Gasteiger charge is -2.10. The van der Waals surface area contributed by atoms with Crippen LogP contribution in [0.15, 0.2) is 36.7 Å². The van der Waals surface area contributed by atoms with Crippen LogP contribution in [0.4, 0.5) is 0 Å². The molecule has 0 spiro atoms. The number of ether oxygens (including phenoxy) is 2. The normalized spacial score (nSPS) is 10.2. The molecule has 0 saturated heterocycles. The van der Waals surface area contributed by atoms with E-state index in [-0.39, 0.29) is 5.75 Å². The van der Waals surface area contributed by atoms with Gasteiger partial charge in [0.1, 0.15) is 5.75 Å². The van der Waals surface area contributed by atoms with E-state index < -0.39 is 0 Å². The van der Waals surface area contributed by atoms with E-state index in [2.05, 4.69) is 4.98 Å². The summed E-state index contributed by atoms with van der Waals surface area (Å²) >= 11 is 0. The SMILES string of the molecule is CCCOc1cncc(-c2cccc(OC)c2O)c1. The molecule has 0 amide bonds. The highest BCUT2D eigenvalue weighted by Crippen LogP contribution is 2.37. The summed E-state index contributed by atoms with van der Waals surface area (Å²) in [6.45, 7) is 2.69. The van der Waals surface area contributed by atoms with Gasteiger partial charge in [-0.3, -0.25) is 4.98 Å². The third-order valence-corrected chi connectivity index (χ3v) is 2.72. The number of pyridine rings is 1. The van der Waals surface area contributed by atoms with Crippen LogP contribution in [-0.4, -0.2) is 23.8 Å². The average Bonchev–Trinajstić information content (AvgIpc) is 2.45. The molecule has 4 heteroatoms. The van der Waals surface area contributed by atoms with Gasteiger partial charge >= 0.3 is 0 Å². The Hall–Kier alpha value is -2.23. The predicted molar refractivity (Wildman–Crippen MR) is 73.7 cm³/mol. The lowest BCUT2D eigenvalue weighted by Crippen LogP contribution is -1.95.